The van der Waals surface area contributed by atoms with Crippen LogP contribution in [0.5, 0.6) is 0 Å². The molecule has 3 rings (SSSR count). The molecule has 3 aromatic rings. The fraction of sp³-hybridized carbons (Fsp3) is 0.348. The van der Waals surface area contributed by atoms with Gasteiger partial charge in [0.05, 0.1) is 5.52 Å². The van der Waals surface area contributed by atoms with Crippen LogP contribution < -0.4 is 5.73 Å². The molecule has 0 fully saturated rings. The minimum atomic E-state index is -4.53. The number of fused-ring (bicyclic) bond motifs is 1. The Hall–Kier alpha value is -2.18. The van der Waals surface area contributed by atoms with Gasteiger partial charge in [0.2, 0.25) is 0 Å². The highest BCUT2D eigenvalue weighted by atomic mass is 35.5. The quantitative estimate of drug-likeness (QED) is 0.352. The molecule has 1 heterocycles. The molecule has 7 heteroatoms. The second-order valence-corrected chi connectivity index (χ2v) is 8.38. The predicted octanol–water partition coefficient (Wildman–Crippen LogP) is 6.51. The van der Waals surface area contributed by atoms with Crippen molar-refractivity contribution in [1.29, 1.82) is 0 Å². The van der Waals surface area contributed by atoms with Gasteiger partial charge in [0, 0.05) is 5.39 Å². The summed E-state index contributed by atoms with van der Waals surface area (Å²) in [5, 5.41) is 1.21. The molecule has 2 N–H and O–H groups in total. The smallest absolute Gasteiger partial charge is 0.320 e. The van der Waals surface area contributed by atoms with Crippen molar-refractivity contribution in [2.24, 2.45) is 5.73 Å². The molecule has 1 aromatic heterocycles. The van der Waals surface area contributed by atoms with Crippen molar-refractivity contribution in [1.82, 2.24) is 4.98 Å². The molecule has 0 amide bonds. The van der Waals surface area contributed by atoms with Gasteiger partial charge >= 0.3 is 6.18 Å². The molecule has 0 bridgehead atoms. The number of aromatic nitrogens is 1. The first-order chi connectivity index (χ1) is 14.0. The van der Waals surface area contributed by atoms with Gasteiger partial charge in [-0.15, -0.1) is 0 Å². The average molecular weight is 439 g/mol. The van der Waals surface area contributed by atoms with Crippen molar-refractivity contribution < 1.29 is 17.6 Å². The molecule has 2 aromatic carbocycles. The zero-order chi connectivity index (χ0) is 22.1. The van der Waals surface area contributed by atoms with E-state index >= 15 is 0 Å². The van der Waals surface area contributed by atoms with Crippen LogP contribution in [-0.4, -0.2) is 17.2 Å². The number of halogens is 5. The van der Waals surface area contributed by atoms with Crippen LogP contribution in [0.25, 0.3) is 10.9 Å². The van der Waals surface area contributed by atoms with E-state index in [-0.39, 0.29) is 6.42 Å². The third kappa shape index (κ3) is 4.93. The molecular formula is C23H23ClF4N2. The largest absolute Gasteiger partial charge is 0.403 e. The summed E-state index contributed by atoms with van der Waals surface area (Å²) >= 11 is 6.15. The summed E-state index contributed by atoms with van der Waals surface area (Å²) in [6.45, 7) is 3.48. The van der Waals surface area contributed by atoms with Crippen LogP contribution in [0, 0.1) is 12.7 Å². The molecule has 0 radical (unpaired) electrons. The minimum Gasteiger partial charge on any atom is -0.320 e. The van der Waals surface area contributed by atoms with E-state index in [1.807, 2.05) is 24.3 Å². The van der Waals surface area contributed by atoms with Crippen LogP contribution in [0.3, 0.4) is 0 Å². The van der Waals surface area contributed by atoms with Crippen LogP contribution in [0.15, 0.2) is 48.5 Å². The first-order valence-electron chi connectivity index (χ1n) is 9.63. The molecular weight excluding hydrogens is 416 g/mol. The number of para-hydroxylation sites is 1. The second kappa shape index (κ2) is 8.52. The SMILES string of the molecule is Cc1ccc(F)cc1C(C)(CCc1cc(Cl)nc2ccccc12)CC(N)C(F)(F)F. The second-order valence-electron chi connectivity index (χ2n) is 7.99. The van der Waals surface area contributed by atoms with Crippen molar-refractivity contribution in [3.05, 3.63) is 76.2 Å². The van der Waals surface area contributed by atoms with Crippen LogP contribution in [-0.2, 0) is 11.8 Å². The summed E-state index contributed by atoms with van der Waals surface area (Å²) in [6, 6.07) is 11.4. The Balaban J connectivity index is 2.00. The van der Waals surface area contributed by atoms with E-state index < -0.39 is 23.5 Å². The maximum Gasteiger partial charge on any atom is 0.403 e. The molecule has 2 unspecified atom stereocenters. The van der Waals surface area contributed by atoms with E-state index in [4.69, 9.17) is 17.3 Å². The highest BCUT2D eigenvalue weighted by molar-refractivity contribution is 6.29. The topological polar surface area (TPSA) is 38.9 Å². The van der Waals surface area contributed by atoms with Crippen molar-refractivity contribution in [3.8, 4) is 0 Å². The number of nitrogens with zero attached hydrogens (tertiary/aromatic N) is 1. The van der Waals surface area contributed by atoms with Crippen molar-refractivity contribution in [3.63, 3.8) is 0 Å². The number of pyridine rings is 1. The first kappa shape index (κ1) is 22.5. The molecule has 0 aliphatic heterocycles. The molecule has 0 aliphatic carbocycles. The monoisotopic (exact) mass is 438 g/mol. The van der Waals surface area contributed by atoms with Crippen molar-refractivity contribution >= 4 is 22.5 Å². The van der Waals surface area contributed by atoms with Gasteiger partial charge in [-0.3, -0.25) is 0 Å². The Labute approximate surface area is 178 Å². The van der Waals surface area contributed by atoms with E-state index in [9.17, 15) is 17.6 Å². The maximum absolute atomic E-state index is 14.0. The van der Waals surface area contributed by atoms with Crippen LogP contribution >= 0.6 is 11.6 Å². The maximum atomic E-state index is 14.0. The third-order valence-corrected chi connectivity index (χ3v) is 5.85. The lowest BCUT2D eigenvalue weighted by Gasteiger charge is -2.35. The number of hydrogen-bond acceptors (Lipinski definition) is 2. The Kier molecular flexibility index (Phi) is 6.39. The minimum absolute atomic E-state index is 0.319. The molecule has 0 aliphatic rings. The van der Waals surface area contributed by atoms with Gasteiger partial charge in [-0.25, -0.2) is 9.37 Å². The Morgan fingerprint density at radius 1 is 1.10 bits per heavy atom. The van der Waals surface area contributed by atoms with E-state index in [0.29, 0.717) is 23.6 Å². The number of hydrogen-bond donors (Lipinski definition) is 1. The Morgan fingerprint density at radius 3 is 2.50 bits per heavy atom. The van der Waals surface area contributed by atoms with Crippen LogP contribution in [0.1, 0.15) is 36.5 Å². The molecule has 160 valence electrons. The summed E-state index contributed by atoms with van der Waals surface area (Å²) < 4.78 is 53.8. The zero-order valence-electron chi connectivity index (χ0n) is 16.7. The summed E-state index contributed by atoms with van der Waals surface area (Å²) in [6.07, 6.45) is -4.10. The number of alkyl halides is 3. The average Bonchev–Trinajstić information content (AvgIpc) is 2.67. The molecule has 0 saturated carbocycles. The summed E-state index contributed by atoms with van der Waals surface area (Å²) in [4.78, 5) is 4.29. The lowest BCUT2D eigenvalue weighted by Crippen LogP contribution is -2.43. The van der Waals surface area contributed by atoms with Gasteiger partial charge in [0.1, 0.15) is 17.0 Å². The van der Waals surface area contributed by atoms with Gasteiger partial charge < -0.3 is 5.73 Å². The fourth-order valence-corrected chi connectivity index (χ4v) is 4.24. The molecule has 0 saturated heterocycles. The van der Waals surface area contributed by atoms with E-state index in [1.165, 1.54) is 12.1 Å². The van der Waals surface area contributed by atoms with E-state index in [2.05, 4.69) is 4.98 Å². The van der Waals surface area contributed by atoms with Gasteiger partial charge in [0.25, 0.3) is 0 Å². The highest BCUT2D eigenvalue weighted by Crippen LogP contribution is 2.39. The molecule has 2 atom stereocenters. The van der Waals surface area contributed by atoms with Crippen LogP contribution in [0.4, 0.5) is 17.6 Å². The van der Waals surface area contributed by atoms with Gasteiger partial charge in [0.15, 0.2) is 0 Å². The Bertz CT molecular complexity index is 1050. The number of rotatable bonds is 6. The van der Waals surface area contributed by atoms with E-state index in [1.54, 1.807) is 26.0 Å². The Morgan fingerprint density at radius 2 is 1.80 bits per heavy atom. The number of nitrogens with two attached hydrogens (primary N) is 1. The first-order valence-corrected chi connectivity index (χ1v) is 10.0. The summed E-state index contributed by atoms with van der Waals surface area (Å²) in [5.41, 5.74) is 7.37. The van der Waals surface area contributed by atoms with Gasteiger partial charge in [-0.05, 0) is 72.6 Å². The number of benzene rings is 2. The summed E-state index contributed by atoms with van der Waals surface area (Å²) in [7, 11) is 0. The van der Waals surface area contributed by atoms with Crippen molar-refractivity contribution in [2.75, 3.05) is 0 Å². The van der Waals surface area contributed by atoms with Gasteiger partial charge in [-0.2, -0.15) is 13.2 Å². The molecule has 30 heavy (non-hydrogen) atoms. The molecule has 0 spiro atoms. The predicted molar refractivity (Wildman–Crippen MR) is 112 cm³/mol. The summed E-state index contributed by atoms with van der Waals surface area (Å²) in [5.74, 6) is -0.486. The lowest BCUT2D eigenvalue weighted by molar-refractivity contribution is -0.152. The third-order valence-electron chi connectivity index (χ3n) is 5.66. The van der Waals surface area contributed by atoms with Crippen molar-refractivity contribution in [2.45, 2.75) is 50.7 Å². The normalized spacial score (nSPS) is 15.2. The zero-order valence-corrected chi connectivity index (χ0v) is 17.5. The molecule has 2 nitrogen and oxygen atoms in total. The lowest BCUT2D eigenvalue weighted by atomic mass is 9.71. The fourth-order valence-electron chi connectivity index (χ4n) is 4.02. The standard InChI is InChI=1S/C23H23ClF4N2/c1-14-7-8-16(25)12-18(14)22(2,13-20(29)23(26,27)28)10-9-15-11-21(24)30-19-6-4-3-5-17(15)19/h3-8,11-12,20H,9-10,13,29H2,1-2H3. The van der Waals surface area contributed by atoms with E-state index in [0.717, 1.165) is 22.0 Å². The van der Waals surface area contributed by atoms with Gasteiger partial charge in [-0.1, -0.05) is 42.8 Å². The highest BCUT2D eigenvalue weighted by Gasteiger charge is 2.42. The number of aryl methyl sites for hydroxylation is 2. The van der Waals surface area contributed by atoms with Crippen LogP contribution in [0.2, 0.25) is 5.15 Å².